The second kappa shape index (κ2) is 8.27. The van der Waals surface area contributed by atoms with Crippen LogP contribution in [0.2, 0.25) is 0 Å². The van der Waals surface area contributed by atoms with Gasteiger partial charge in [-0.15, -0.1) is 0 Å². The Bertz CT molecular complexity index is 1020. The minimum atomic E-state index is 0.577. The number of fused-ring (bicyclic) bond motifs is 1. The summed E-state index contributed by atoms with van der Waals surface area (Å²) >= 11 is 0. The van der Waals surface area contributed by atoms with Gasteiger partial charge in [0.15, 0.2) is 0 Å². The Kier molecular flexibility index (Phi) is 5.56. The Labute approximate surface area is 172 Å². The Morgan fingerprint density at radius 3 is 2.83 bits per heavy atom. The fraction of sp³-hybridized carbons (Fsp3) is 0.417. The van der Waals surface area contributed by atoms with Gasteiger partial charge in [0.05, 0.1) is 12.3 Å². The molecule has 0 spiro atoms. The van der Waals surface area contributed by atoms with Gasteiger partial charge in [0.1, 0.15) is 17.2 Å². The quantitative estimate of drug-likeness (QED) is 0.538. The fourth-order valence-corrected chi connectivity index (χ4v) is 3.96. The van der Waals surface area contributed by atoms with Crippen molar-refractivity contribution in [1.29, 1.82) is 0 Å². The molecular formula is C24H29N3O2. The summed E-state index contributed by atoms with van der Waals surface area (Å²) in [7, 11) is 1.92. The van der Waals surface area contributed by atoms with Crippen LogP contribution in [0.3, 0.4) is 0 Å². The molecule has 4 rings (SSSR count). The van der Waals surface area contributed by atoms with Crippen LogP contribution < -0.4 is 4.74 Å². The predicted molar refractivity (Wildman–Crippen MR) is 115 cm³/mol. The lowest BCUT2D eigenvalue weighted by Gasteiger charge is -2.20. The third-order valence-electron chi connectivity index (χ3n) is 5.61. The highest BCUT2D eigenvalue weighted by Crippen LogP contribution is 2.35. The number of rotatable bonds is 7. The van der Waals surface area contributed by atoms with Crippen LogP contribution in [0.5, 0.6) is 5.75 Å². The van der Waals surface area contributed by atoms with Crippen molar-refractivity contribution >= 4 is 5.57 Å². The van der Waals surface area contributed by atoms with Crippen molar-refractivity contribution in [3.8, 4) is 17.3 Å². The van der Waals surface area contributed by atoms with Crippen LogP contribution in [0.15, 0.2) is 34.8 Å². The number of aryl methyl sites for hydroxylation is 3. The number of allylic oxidation sites excluding steroid dienone is 2. The van der Waals surface area contributed by atoms with Gasteiger partial charge in [-0.3, -0.25) is 4.68 Å². The molecule has 0 fully saturated rings. The summed E-state index contributed by atoms with van der Waals surface area (Å²) in [4.78, 5) is 4.66. The first kappa shape index (κ1) is 19.5. The van der Waals surface area contributed by atoms with Gasteiger partial charge in [0, 0.05) is 24.7 Å². The van der Waals surface area contributed by atoms with Gasteiger partial charge >= 0.3 is 0 Å². The van der Waals surface area contributed by atoms with Crippen molar-refractivity contribution in [3.63, 3.8) is 0 Å². The van der Waals surface area contributed by atoms with E-state index in [1.54, 1.807) is 0 Å². The molecule has 1 aromatic carbocycles. The lowest BCUT2D eigenvalue weighted by atomic mass is 9.88. The van der Waals surface area contributed by atoms with Gasteiger partial charge in [0.25, 0.3) is 0 Å². The zero-order chi connectivity index (χ0) is 20.4. The molecule has 0 aliphatic heterocycles. The van der Waals surface area contributed by atoms with Crippen molar-refractivity contribution in [2.24, 2.45) is 7.05 Å². The van der Waals surface area contributed by atoms with Gasteiger partial charge in [-0.25, -0.2) is 4.98 Å². The van der Waals surface area contributed by atoms with Crippen molar-refractivity contribution in [3.05, 3.63) is 58.6 Å². The van der Waals surface area contributed by atoms with E-state index in [1.165, 1.54) is 23.1 Å². The molecular weight excluding hydrogens is 362 g/mol. The van der Waals surface area contributed by atoms with Gasteiger partial charge in [-0.2, -0.15) is 5.10 Å². The Balaban J connectivity index is 1.45. The van der Waals surface area contributed by atoms with Crippen molar-refractivity contribution in [1.82, 2.24) is 14.8 Å². The minimum absolute atomic E-state index is 0.577. The first-order chi connectivity index (χ1) is 14.1. The number of ether oxygens (including phenoxy) is 1. The molecule has 1 aliphatic rings. The molecule has 5 heteroatoms. The third kappa shape index (κ3) is 4.00. The van der Waals surface area contributed by atoms with Crippen LogP contribution in [0, 0.1) is 13.8 Å². The van der Waals surface area contributed by atoms with Crippen LogP contribution >= 0.6 is 0 Å². The first-order valence-corrected chi connectivity index (χ1v) is 10.5. The summed E-state index contributed by atoms with van der Waals surface area (Å²) in [5.74, 6) is 2.41. The molecule has 152 valence electrons. The van der Waals surface area contributed by atoms with Crippen LogP contribution in [0.25, 0.3) is 17.2 Å². The lowest BCUT2D eigenvalue weighted by Crippen LogP contribution is -2.07. The zero-order valence-corrected chi connectivity index (χ0v) is 17.8. The van der Waals surface area contributed by atoms with E-state index in [1.807, 2.05) is 31.6 Å². The van der Waals surface area contributed by atoms with E-state index >= 15 is 0 Å². The molecule has 0 bridgehead atoms. The number of nitrogens with zero attached hydrogens (tertiary/aromatic N) is 3. The largest absolute Gasteiger partial charge is 0.493 e. The summed E-state index contributed by atoms with van der Waals surface area (Å²) in [6.45, 7) is 6.78. The molecule has 2 aromatic heterocycles. The molecule has 1 aliphatic carbocycles. The Morgan fingerprint density at radius 1 is 1.21 bits per heavy atom. The average molecular weight is 392 g/mol. The van der Waals surface area contributed by atoms with E-state index < -0.39 is 0 Å². The fourth-order valence-electron chi connectivity index (χ4n) is 3.96. The van der Waals surface area contributed by atoms with E-state index in [-0.39, 0.29) is 0 Å². The van der Waals surface area contributed by atoms with Crippen LogP contribution in [0.4, 0.5) is 0 Å². The average Bonchev–Trinajstić information content (AvgIpc) is 3.25. The highest BCUT2D eigenvalue weighted by atomic mass is 16.5. The maximum Gasteiger partial charge on any atom is 0.247 e. The first-order valence-electron chi connectivity index (χ1n) is 10.5. The van der Waals surface area contributed by atoms with E-state index in [2.05, 4.69) is 41.3 Å². The van der Waals surface area contributed by atoms with Crippen LogP contribution in [-0.2, 0) is 19.9 Å². The third-order valence-corrected chi connectivity index (χ3v) is 5.61. The topological polar surface area (TPSA) is 53.1 Å². The van der Waals surface area contributed by atoms with Gasteiger partial charge in [-0.05, 0) is 56.4 Å². The van der Waals surface area contributed by atoms with E-state index in [4.69, 9.17) is 9.15 Å². The van der Waals surface area contributed by atoms with Gasteiger partial charge < -0.3 is 9.15 Å². The van der Waals surface area contributed by atoms with Crippen LogP contribution in [-0.4, -0.2) is 21.4 Å². The highest BCUT2D eigenvalue weighted by Gasteiger charge is 2.17. The second-order valence-corrected chi connectivity index (χ2v) is 7.72. The van der Waals surface area contributed by atoms with Gasteiger partial charge in [-0.1, -0.05) is 31.6 Å². The number of aromatic nitrogens is 3. The second-order valence-electron chi connectivity index (χ2n) is 7.72. The molecule has 0 atom stereocenters. The smallest absolute Gasteiger partial charge is 0.247 e. The molecule has 0 saturated carbocycles. The lowest BCUT2D eigenvalue weighted by molar-refractivity contribution is 0.316. The summed E-state index contributed by atoms with van der Waals surface area (Å²) in [6.07, 6.45) is 7.53. The SMILES string of the molecule is CCCC1=CCCc2c(OCCc3nc(-c4cc(C)n(C)n4)oc3C)cccc21. The van der Waals surface area contributed by atoms with Crippen molar-refractivity contribution < 1.29 is 9.15 Å². The maximum absolute atomic E-state index is 6.20. The predicted octanol–water partition coefficient (Wildman–Crippen LogP) is 5.44. The summed E-state index contributed by atoms with van der Waals surface area (Å²) in [6, 6.07) is 8.41. The molecule has 5 nitrogen and oxygen atoms in total. The Hall–Kier alpha value is -2.82. The molecule has 0 saturated heterocycles. The summed E-state index contributed by atoms with van der Waals surface area (Å²) < 4.78 is 13.9. The van der Waals surface area contributed by atoms with E-state index in [9.17, 15) is 0 Å². The standard InChI is InChI=1S/C24H29N3O2/c1-5-8-18-9-6-11-20-19(18)10-7-12-23(20)28-14-13-21-17(3)29-24(25-21)22-15-16(2)27(4)26-22/h7,9-10,12,15H,5-6,8,11,13-14H2,1-4H3. The maximum atomic E-state index is 6.20. The molecule has 0 unspecified atom stereocenters. The van der Waals surface area contributed by atoms with Crippen LogP contribution in [0.1, 0.15) is 54.5 Å². The molecule has 3 aromatic rings. The molecule has 29 heavy (non-hydrogen) atoms. The molecule has 2 heterocycles. The monoisotopic (exact) mass is 391 g/mol. The zero-order valence-electron chi connectivity index (χ0n) is 17.8. The number of hydrogen-bond acceptors (Lipinski definition) is 4. The normalized spacial score (nSPS) is 13.3. The summed E-state index contributed by atoms with van der Waals surface area (Å²) in [5.41, 5.74) is 6.95. The number of hydrogen-bond donors (Lipinski definition) is 0. The van der Waals surface area contributed by atoms with E-state index in [0.717, 1.165) is 47.9 Å². The summed E-state index contributed by atoms with van der Waals surface area (Å²) in [5, 5.41) is 4.46. The number of benzene rings is 1. The minimum Gasteiger partial charge on any atom is -0.493 e. The molecule has 0 amide bonds. The van der Waals surface area contributed by atoms with Crippen molar-refractivity contribution in [2.75, 3.05) is 6.61 Å². The number of oxazole rings is 1. The van der Waals surface area contributed by atoms with Gasteiger partial charge in [0.2, 0.25) is 5.89 Å². The highest BCUT2D eigenvalue weighted by molar-refractivity contribution is 5.72. The van der Waals surface area contributed by atoms with E-state index in [0.29, 0.717) is 18.9 Å². The van der Waals surface area contributed by atoms with Crippen molar-refractivity contribution in [2.45, 2.75) is 52.9 Å². The molecule has 0 N–H and O–H groups in total. The molecule has 0 radical (unpaired) electrons. The Morgan fingerprint density at radius 2 is 2.07 bits per heavy atom.